The van der Waals surface area contributed by atoms with Crippen LogP contribution in [-0.2, 0) is 6.54 Å². The lowest BCUT2D eigenvalue weighted by Crippen LogP contribution is -2.32. The Morgan fingerprint density at radius 3 is 2.82 bits per heavy atom. The van der Waals surface area contributed by atoms with Gasteiger partial charge in [-0.05, 0) is 5.41 Å². The summed E-state index contributed by atoms with van der Waals surface area (Å²) < 4.78 is 10.2. The molecule has 0 aliphatic heterocycles. The second kappa shape index (κ2) is 5.68. The summed E-state index contributed by atoms with van der Waals surface area (Å²) >= 11 is 0. The van der Waals surface area contributed by atoms with E-state index in [1.807, 2.05) is 0 Å². The fourth-order valence-corrected chi connectivity index (χ4v) is 2.06. The molecular formula is C13H17N7O2. The summed E-state index contributed by atoms with van der Waals surface area (Å²) in [5.41, 5.74) is 0.679. The summed E-state index contributed by atoms with van der Waals surface area (Å²) in [6.07, 6.45) is 2.94. The molecule has 0 unspecified atom stereocenters. The molecule has 22 heavy (non-hydrogen) atoms. The number of hydrogen-bond acceptors (Lipinski definition) is 8. The normalized spacial score (nSPS) is 13.4. The van der Waals surface area contributed by atoms with E-state index >= 15 is 0 Å². The van der Waals surface area contributed by atoms with Crippen molar-refractivity contribution in [3.63, 3.8) is 0 Å². The summed E-state index contributed by atoms with van der Waals surface area (Å²) in [5.74, 6) is 1.34. The van der Waals surface area contributed by atoms with Crippen LogP contribution in [-0.4, -0.2) is 30.5 Å². The third kappa shape index (κ3) is 3.03. The van der Waals surface area contributed by atoms with Gasteiger partial charge in [-0.2, -0.15) is 10.1 Å². The highest BCUT2D eigenvalue weighted by molar-refractivity contribution is 5.39. The molecule has 2 N–H and O–H groups in total. The Morgan fingerprint density at radius 1 is 1.32 bits per heavy atom. The second-order valence-corrected chi connectivity index (χ2v) is 5.96. The van der Waals surface area contributed by atoms with E-state index in [1.165, 1.54) is 12.6 Å². The fraction of sp³-hybridized carbons (Fsp3) is 0.462. The molecule has 1 atom stereocenters. The van der Waals surface area contributed by atoms with Gasteiger partial charge in [-0.3, -0.25) is 10.4 Å². The summed E-state index contributed by atoms with van der Waals surface area (Å²) in [6.45, 7) is 6.81. The smallest absolute Gasteiger partial charge is 0.244 e. The minimum Gasteiger partial charge on any atom is -0.364 e. The Balaban J connectivity index is 1.80. The first-order valence-corrected chi connectivity index (χ1v) is 6.86. The van der Waals surface area contributed by atoms with E-state index in [4.69, 9.17) is 9.05 Å². The number of H-pyrrole nitrogens is 1. The molecule has 3 aromatic heterocycles. The lowest BCUT2D eigenvalue weighted by atomic mass is 9.86. The molecule has 3 rings (SSSR count). The molecule has 3 aromatic rings. The Morgan fingerprint density at radius 2 is 2.18 bits per heavy atom. The highest BCUT2D eigenvalue weighted by Crippen LogP contribution is 2.32. The predicted octanol–water partition coefficient (Wildman–Crippen LogP) is 1.72. The zero-order chi connectivity index (χ0) is 15.6. The Bertz CT molecular complexity index is 697. The molecule has 116 valence electrons. The van der Waals surface area contributed by atoms with Crippen LogP contribution >= 0.6 is 0 Å². The number of aromatic nitrogens is 6. The molecule has 9 heteroatoms. The molecule has 0 amide bonds. The van der Waals surface area contributed by atoms with Gasteiger partial charge >= 0.3 is 0 Å². The van der Waals surface area contributed by atoms with Gasteiger partial charge in [0.1, 0.15) is 12.6 Å². The number of nitrogens with one attached hydrogen (secondary N) is 2. The van der Waals surface area contributed by atoms with E-state index in [-0.39, 0.29) is 11.5 Å². The van der Waals surface area contributed by atoms with Gasteiger partial charge in [0.25, 0.3) is 0 Å². The maximum absolute atomic E-state index is 5.39. The standard InChI is InChI=1S/C13H17N7O2/c1-13(2,3)9(14-6-8-4-5-21-19-8)12-17-11(20-22-12)10-15-7-16-18-10/h4-5,7,9,14H,6H2,1-3H3,(H,15,16,18)/t9-/m1/s1. The van der Waals surface area contributed by atoms with Crippen molar-refractivity contribution < 1.29 is 9.05 Å². The van der Waals surface area contributed by atoms with Crippen LogP contribution in [0.25, 0.3) is 11.6 Å². The summed E-state index contributed by atoms with van der Waals surface area (Å²) in [5, 5.41) is 17.7. The first-order valence-electron chi connectivity index (χ1n) is 6.86. The van der Waals surface area contributed by atoms with Crippen LogP contribution < -0.4 is 5.32 Å². The molecule has 0 aliphatic rings. The molecule has 0 saturated carbocycles. The van der Waals surface area contributed by atoms with Crippen molar-refractivity contribution in [3.05, 3.63) is 30.2 Å². The van der Waals surface area contributed by atoms with E-state index in [0.717, 1.165) is 5.69 Å². The van der Waals surface area contributed by atoms with Gasteiger partial charge < -0.3 is 9.05 Å². The number of rotatable bonds is 5. The van der Waals surface area contributed by atoms with Gasteiger partial charge in [-0.15, -0.1) is 0 Å². The van der Waals surface area contributed by atoms with Crippen molar-refractivity contribution in [2.45, 2.75) is 33.4 Å². The molecule has 0 spiro atoms. The zero-order valence-corrected chi connectivity index (χ0v) is 12.6. The number of aromatic amines is 1. The topological polar surface area (TPSA) is 119 Å². The van der Waals surface area contributed by atoms with Gasteiger partial charge in [0.15, 0.2) is 5.82 Å². The van der Waals surface area contributed by atoms with E-state index in [9.17, 15) is 0 Å². The first-order chi connectivity index (χ1) is 10.5. The van der Waals surface area contributed by atoms with E-state index < -0.39 is 0 Å². The SMILES string of the molecule is CC(C)(C)[C@H](NCc1ccon1)c1nc(-c2ncn[nH]2)no1. The van der Waals surface area contributed by atoms with Gasteiger partial charge in [-0.25, -0.2) is 4.98 Å². The van der Waals surface area contributed by atoms with Crippen LogP contribution in [0.5, 0.6) is 0 Å². The molecule has 9 nitrogen and oxygen atoms in total. The highest BCUT2D eigenvalue weighted by atomic mass is 16.5. The van der Waals surface area contributed by atoms with Gasteiger partial charge in [0.2, 0.25) is 11.7 Å². The van der Waals surface area contributed by atoms with E-state index in [2.05, 4.69) is 56.6 Å². The molecule has 0 fully saturated rings. The average Bonchev–Trinajstić information content (AvgIpc) is 3.20. The molecule has 0 aliphatic carbocycles. The van der Waals surface area contributed by atoms with Gasteiger partial charge in [0.05, 0.1) is 11.7 Å². The van der Waals surface area contributed by atoms with Crippen LogP contribution in [0.4, 0.5) is 0 Å². The quantitative estimate of drug-likeness (QED) is 0.731. The fourth-order valence-electron chi connectivity index (χ4n) is 2.06. The summed E-state index contributed by atoms with van der Waals surface area (Å²) in [4.78, 5) is 8.42. The lowest BCUT2D eigenvalue weighted by molar-refractivity contribution is 0.210. The monoisotopic (exact) mass is 303 g/mol. The molecule has 0 aromatic carbocycles. The highest BCUT2D eigenvalue weighted by Gasteiger charge is 2.31. The Kier molecular flexibility index (Phi) is 3.72. The molecule has 3 heterocycles. The minimum absolute atomic E-state index is 0.130. The maximum atomic E-state index is 5.39. The van der Waals surface area contributed by atoms with E-state index in [0.29, 0.717) is 24.1 Å². The average molecular weight is 303 g/mol. The van der Waals surface area contributed by atoms with Gasteiger partial charge in [-0.1, -0.05) is 31.1 Å². The third-order valence-corrected chi connectivity index (χ3v) is 3.16. The maximum Gasteiger partial charge on any atom is 0.244 e. The second-order valence-electron chi connectivity index (χ2n) is 5.96. The molecule has 0 bridgehead atoms. The number of hydrogen-bond donors (Lipinski definition) is 2. The first kappa shape index (κ1) is 14.4. The van der Waals surface area contributed by atoms with Crippen molar-refractivity contribution in [1.82, 2.24) is 35.8 Å². The molecule has 0 saturated heterocycles. The lowest BCUT2D eigenvalue weighted by Gasteiger charge is -2.28. The summed E-state index contributed by atoms with van der Waals surface area (Å²) in [7, 11) is 0. The zero-order valence-electron chi connectivity index (χ0n) is 12.6. The van der Waals surface area contributed by atoms with E-state index in [1.54, 1.807) is 6.07 Å². The van der Waals surface area contributed by atoms with Crippen LogP contribution in [0.15, 0.2) is 27.7 Å². The Labute approximate surface area is 126 Å². The van der Waals surface area contributed by atoms with Crippen LogP contribution in [0.2, 0.25) is 0 Å². The third-order valence-electron chi connectivity index (χ3n) is 3.16. The van der Waals surface area contributed by atoms with Crippen LogP contribution in [0, 0.1) is 5.41 Å². The van der Waals surface area contributed by atoms with Crippen molar-refractivity contribution in [2.24, 2.45) is 5.41 Å². The molecule has 0 radical (unpaired) electrons. The van der Waals surface area contributed by atoms with Crippen molar-refractivity contribution in [2.75, 3.05) is 0 Å². The largest absolute Gasteiger partial charge is 0.364 e. The predicted molar refractivity (Wildman–Crippen MR) is 75.2 cm³/mol. The van der Waals surface area contributed by atoms with Crippen molar-refractivity contribution in [1.29, 1.82) is 0 Å². The summed E-state index contributed by atoms with van der Waals surface area (Å²) in [6, 6.07) is 1.66. The van der Waals surface area contributed by atoms with Gasteiger partial charge in [0, 0.05) is 12.6 Å². The van der Waals surface area contributed by atoms with Crippen molar-refractivity contribution in [3.8, 4) is 11.6 Å². The van der Waals surface area contributed by atoms with Crippen LogP contribution in [0.3, 0.4) is 0 Å². The Hall–Kier alpha value is -2.55. The number of nitrogens with zero attached hydrogens (tertiary/aromatic N) is 5. The molecular weight excluding hydrogens is 286 g/mol. The van der Waals surface area contributed by atoms with Crippen molar-refractivity contribution >= 4 is 0 Å². The minimum atomic E-state index is -0.145. The van der Waals surface area contributed by atoms with Crippen LogP contribution in [0.1, 0.15) is 38.4 Å².